The molecule has 1 aromatic carbocycles. The minimum Gasteiger partial charge on any atom is -0.455 e. The van der Waals surface area contributed by atoms with E-state index in [-0.39, 0.29) is 23.0 Å². The van der Waals surface area contributed by atoms with Gasteiger partial charge in [-0.2, -0.15) is 27.1 Å². The van der Waals surface area contributed by atoms with Gasteiger partial charge >= 0.3 is 6.18 Å². The zero-order chi connectivity index (χ0) is 22.8. The lowest BCUT2D eigenvalue weighted by molar-refractivity contribution is -0.137. The van der Waals surface area contributed by atoms with Gasteiger partial charge in [-0.1, -0.05) is 17.8 Å². The van der Waals surface area contributed by atoms with Gasteiger partial charge in [0.25, 0.3) is 11.7 Å². The van der Waals surface area contributed by atoms with Crippen LogP contribution in [0.3, 0.4) is 0 Å². The predicted molar refractivity (Wildman–Crippen MR) is 105 cm³/mol. The van der Waals surface area contributed by atoms with E-state index in [0.717, 1.165) is 12.1 Å². The zero-order valence-corrected chi connectivity index (χ0v) is 17.2. The summed E-state index contributed by atoms with van der Waals surface area (Å²) < 4.78 is 70.1. The van der Waals surface area contributed by atoms with E-state index in [4.69, 9.17) is 4.42 Å². The molecular formula is C20H18F5N3O2S. The Balaban J connectivity index is 1.73. The highest BCUT2D eigenvalue weighted by Gasteiger charge is 2.30. The van der Waals surface area contributed by atoms with Crippen molar-refractivity contribution in [2.45, 2.75) is 37.6 Å². The Morgan fingerprint density at radius 2 is 2.00 bits per heavy atom. The Labute approximate surface area is 178 Å². The van der Waals surface area contributed by atoms with E-state index < -0.39 is 29.4 Å². The molecule has 0 saturated heterocycles. The van der Waals surface area contributed by atoms with Crippen LogP contribution in [-0.4, -0.2) is 21.4 Å². The fourth-order valence-electron chi connectivity index (χ4n) is 2.99. The number of alkyl halides is 5. The van der Waals surface area contributed by atoms with Crippen LogP contribution in [0.2, 0.25) is 0 Å². The lowest BCUT2D eigenvalue weighted by atomic mass is 10.1. The van der Waals surface area contributed by atoms with Crippen molar-refractivity contribution in [3.05, 3.63) is 70.9 Å². The summed E-state index contributed by atoms with van der Waals surface area (Å²) in [6, 6.07) is 7.08. The number of halogens is 5. The maximum atomic E-state index is 13.0. The van der Waals surface area contributed by atoms with E-state index in [1.807, 2.05) is 0 Å². The molecule has 1 N–H and O–H groups in total. The van der Waals surface area contributed by atoms with Gasteiger partial charge < -0.3 is 9.73 Å². The second-order valence-electron chi connectivity index (χ2n) is 6.68. The van der Waals surface area contributed by atoms with Crippen LogP contribution < -0.4 is 5.32 Å². The molecule has 0 bridgehead atoms. The molecule has 11 heteroatoms. The van der Waals surface area contributed by atoms with E-state index >= 15 is 0 Å². The van der Waals surface area contributed by atoms with Crippen LogP contribution in [0.5, 0.6) is 0 Å². The third-order valence-electron chi connectivity index (χ3n) is 4.52. The number of hydrogen-bond acceptors (Lipinski definition) is 4. The van der Waals surface area contributed by atoms with Crippen molar-refractivity contribution in [3.8, 4) is 5.69 Å². The first-order valence-electron chi connectivity index (χ1n) is 9.07. The normalized spacial score (nSPS) is 12.9. The van der Waals surface area contributed by atoms with E-state index in [1.54, 1.807) is 13.8 Å². The van der Waals surface area contributed by atoms with Gasteiger partial charge in [-0.25, -0.2) is 4.68 Å². The third kappa shape index (κ3) is 5.46. The van der Waals surface area contributed by atoms with Gasteiger partial charge in [-0.05, 0) is 44.2 Å². The van der Waals surface area contributed by atoms with Gasteiger partial charge in [0.05, 0.1) is 29.2 Å². The standard InChI is InChI=1S/C20H18F5N3O2S/c1-11(27-18(29)17-7-6-15(30-17)10-31-19(21)22)16-9-26-28(12(16)2)14-5-3-4-13(8-14)20(23,24)25/h3-9,11,19H,10H2,1-2H3,(H,27,29). The monoisotopic (exact) mass is 459 g/mol. The first-order valence-corrected chi connectivity index (χ1v) is 10.1. The zero-order valence-electron chi connectivity index (χ0n) is 16.4. The summed E-state index contributed by atoms with van der Waals surface area (Å²) in [5, 5.41) is 6.87. The largest absolute Gasteiger partial charge is 0.455 e. The molecule has 1 atom stereocenters. The number of nitrogens with one attached hydrogen (secondary N) is 1. The van der Waals surface area contributed by atoms with E-state index in [1.165, 1.54) is 35.1 Å². The molecule has 2 aromatic heterocycles. The number of carbonyl (C=O) groups excluding carboxylic acids is 1. The molecule has 31 heavy (non-hydrogen) atoms. The number of hydrogen-bond donors (Lipinski definition) is 1. The molecular weight excluding hydrogens is 441 g/mol. The summed E-state index contributed by atoms with van der Waals surface area (Å²) in [5.41, 5.74) is 0.608. The van der Waals surface area contributed by atoms with Gasteiger partial charge in [0.15, 0.2) is 5.76 Å². The van der Waals surface area contributed by atoms with Crippen LogP contribution in [0.25, 0.3) is 5.69 Å². The molecule has 0 spiro atoms. The van der Waals surface area contributed by atoms with Crippen LogP contribution in [-0.2, 0) is 11.9 Å². The van der Waals surface area contributed by atoms with E-state index in [9.17, 15) is 26.7 Å². The number of rotatable bonds is 7. The van der Waals surface area contributed by atoms with Gasteiger partial charge in [0, 0.05) is 11.3 Å². The van der Waals surface area contributed by atoms with Crippen molar-refractivity contribution < 1.29 is 31.2 Å². The van der Waals surface area contributed by atoms with Crippen LogP contribution in [0.4, 0.5) is 22.0 Å². The van der Waals surface area contributed by atoms with Gasteiger partial charge in [0.2, 0.25) is 0 Å². The molecule has 3 aromatic rings. The van der Waals surface area contributed by atoms with Gasteiger partial charge in [-0.15, -0.1) is 0 Å². The number of carbonyl (C=O) groups is 1. The second-order valence-corrected chi connectivity index (χ2v) is 7.66. The fourth-order valence-corrected chi connectivity index (χ4v) is 3.44. The number of amides is 1. The highest BCUT2D eigenvalue weighted by atomic mass is 32.2. The van der Waals surface area contributed by atoms with E-state index in [2.05, 4.69) is 10.4 Å². The first kappa shape index (κ1) is 22.9. The minimum absolute atomic E-state index is 0.0281. The summed E-state index contributed by atoms with van der Waals surface area (Å²) in [6.07, 6.45) is -3.01. The second kappa shape index (κ2) is 9.13. The van der Waals surface area contributed by atoms with Crippen molar-refractivity contribution in [1.29, 1.82) is 0 Å². The SMILES string of the molecule is Cc1c(C(C)NC(=O)c2ccc(CSC(F)F)o2)cnn1-c1cccc(C(F)(F)F)c1. The number of aromatic nitrogens is 2. The smallest absolute Gasteiger partial charge is 0.416 e. The molecule has 166 valence electrons. The molecule has 0 aliphatic heterocycles. The molecule has 2 heterocycles. The summed E-state index contributed by atoms with van der Waals surface area (Å²) in [5.74, 6) is -2.94. The van der Waals surface area contributed by atoms with Crippen molar-refractivity contribution >= 4 is 17.7 Å². The Morgan fingerprint density at radius 3 is 2.68 bits per heavy atom. The number of furan rings is 1. The molecule has 0 radical (unpaired) electrons. The Bertz CT molecular complexity index is 1060. The van der Waals surface area contributed by atoms with Crippen molar-refractivity contribution in [2.75, 3.05) is 0 Å². The Kier molecular flexibility index (Phi) is 6.73. The van der Waals surface area contributed by atoms with Crippen molar-refractivity contribution in [2.24, 2.45) is 0 Å². The Hall–Kier alpha value is -2.82. The average Bonchev–Trinajstić information content (AvgIpc) is 3.32. The maximum Gasteiger partial charge on any atom is 0.416 e. The molecule has 0 fully saturated rings. The van der Waals surface area contributed by atoms with Crippen molar-refractivity contribution in [1.82, 2.24) is 15.1 Å². The predicted octanol–water partition coefficient (Wildman–Crippen LogP) is 5.74. The molecule has 1 unspecified atom stereocenters. The van der Waals surface area contributed by atoms with Crippen LogP contribution in [0, 0.1) is 6.92 Å². The highest BCUT2D eigenvalue weighted by Crippen LogP contribution is 2.31. The number of nitrogens with zero attached hydrogens (tertiary/aromatic N) is 2. The molecule has 3 rings (SSSR count). The summed E-state index contributed by atoms with van der Waals surface area (Å²) >= 11 is 0.385. The quantitative estimate of drug-likeness (QED) is 0.458. The average molecular weight is 459 g/mol. The topological polar surface area (TPSA) is 60.1 Å². The Morgan fingerprint density at radius 1 is 1.26 bits per heavy atom. The molecule has 5 nitrogen and oxygen atoms in total. The van der Waals surface area contributed by atoms with Crippen LogP contribution in [0.15, 0.2) is 47.0 Å². The first-order chi connectivity index (χ1) is 14.6. The maximum absolute atomic E-state index is 13.0. The lowest BCUT2D eigenvalue weighted by Gasteiger charge is -2.14. The van der Waals surface area contributed by atoms with Crippen LogP contribution in [0.1, 0.15) is 46.1 Å². The minimum atomic E-state index is -4.48. The number of thioether (sulfide) groups is 1. The van der Waals surface area contributed by atoms with E-state index in [0.29, 0.717) is 23.0 Å². The summed E-state index contributed by atoms with van der Waals surface area (Å²) in [4.78, 5) is 12.4. The summed E-state index contributed by atoms with van der Waals surface area (Å²) in [7, 11) is 0. The highest BCUT2D eigenvalue weighted by molar-refractivity contribution is 7.98. The molecule has 0 aliphatic rings. The van der Waals surface area contributed by atoms with Crippen LogP contribution >= 0.6 is 11.8 Å². The van der Waals surface area contributed by atoms with Gasteiger partial charge in [-0.3, -0.25) is 4.79 Å². The molecule has 0 aliphatic carbocycles. The lowest BCUT2D eigenvalue weighted by Crippen LogP contribution is -2.26. The summed E-state index contributed by atoms with van der Waals surface area (Å²) in [6.45, 7) is 3.37. The van der Waals surface area contributed by atoms with Crippen molar-refractivity contribution in [3.63, 3.8) is 0 Å². The fraction of sp³-hybridized carbons (Fsp3) is 0.300. The van der Waals surface area contributed by atoms with Gasteiger partial charge in [0.1, 0.15) is 5.76 Å². The molecule has 1 amide bonds. The third-order valence-corrected chi connectivity index (χ3v) is 5.22. The number of benzene rings is 1. The molecule has 0 saturated carbocycles.